The average molecular weight is 117 g/mol. The van der Waals surface area contributed by atoms with E-state index in [1.54, 1.807) is 6.34 Å². The van der Waals surface area contributed by atoms with Gasteiger partial charge in [0.05, 0.1) is 0 Å². The summed E-state index contributed by atoms with van der Waals surface area (Å²) in [6, 6.07) is 7.80. The number of aliphatic imine (C=N–C) groups is 1. The first-order chi connectivity index (χ1) is 4.47. The van der Waals surface area contributed by atoms with Crippen LogP contribution >= 0.6 is 0 Å². The maximum absolute atomic E-state index is 4.01. The first-order valence-corrected chi connectivity index (χ1v) is 2.79. The topological polar surface area (TPSA) is 28.2 Å². The highest BCUT2D eigenvalue weighted by Crippen LogP contribution is 2.21. The molecule has 2 nitrogen and oxygen atoms in total. The van der Waals surface area contributed by atoms with Crippen molar-refractivity contribution in [3.05, 3.63) is 24.3 Å². The van der Waals surface area contributed by atoms with Crippen LogP contribution in [-0.2, 0) is 0 Å². The van der Waals surface area contributed by atoms with E-state index in [1.165, 1.54) is 0 Å². The van der Waals surface area contributed by atoms with Crippen molar-refractivity contribution in [2.75, 3.05) is 0 Å². The zero-order valence-corrected chi connectivity index (χ0v) is 4.78. The second-order valence-corrected chi connectivity index (χ2v) is 1.86. The number of nitrogens with zero attached hydrogens (tertiary/aromatic N) is 2. The lowest BCUT2D eigenvalue weighted by Crippen LogP contribution is -1.84. The van der Waals surface area contributed by atoms with Crippen molar-refractivity contribution in [3.63, 3.8) is 0 Å². The minimum Gasteiger partial charge on any atom is -0.0576 e. The van der Waals surface area contributed by atoms with Crippen molar-refractivity contribution < 1.29 is 0 Å². The van der Waals surface area contributed by atoms with Gasteiger partial charge in [0, 0.05) is 0 Å². The summed E-state index contributed by atoms with van der Waals surface area (Å²) in [6.45, 7) is 0. The highest BCUT2D eigenvalue weighted by molar-refractivity contribution is 5.79. The molecule has 0 aromatic heterocycles. The molecule has 0 saturated heterocycles. The molecule has 1 aromatic carbocycles. The lowest BCUT2D eigenvalue weighted by atomic mass is 10.3. The largest absolute Gasteiger partial charge is 0.328 e. The van der Waals surface area contributed by atoms with Crippen LogP contribution in [0.2, 0.25) is 0 Å². The van der Waals surface area contributed by atoms with Gasteiger partial charge in [-0.1, -0.05) is 12.1 Å². The maximum Gasteiger partial charge on any atom is 0.328 e. The normalized spacial score (nSPS) is 12.9. The Morgan fingerprint density at radius 1 is 1.22 bits per heavy atom. The van der Waals surface area contributed by atoms with Crippen molar-refractivity contribution >= 4 is 17.7 Å². The Hall–Kier alpha value is -1.31. The van der Waals surface area contributed by atoms with E-state index in [0.717, 1.165) is 11.4 Å². The van der Waals surface area contributed by atoms with Gasteiger partial charge in [-0.2, -0.15) is 0 Å². The van der Waals surface area contributed by atoms with Crippen LogP contribution in [-0.4, -0.2) is 6.34 Å². The van der Waals surface area contributed by atoms with Crippen LogP contribution in [0.5, 0.6) is 0 Å². The predicted molar refractivity (Wildman–Crippen MR) is 36.1 cm³/mol. The molecule has 1 heterocycles. The Labute approximate surface area is 53.2 Å². The Balaban J connectivity index is 2.63. The number of hydrogen-bond donors (Lipinski definition) is 0. The maximum atomic E-state index is 4.01. The first kappa shape index (κ1) is 4.56. The summed E-state index contributed by atoms with van der Waals surface area (Å²) in [7, 11) is 0. The van der Waals surface area contributed by atoms with Gasteiger partial charge in [0.1, 0.15) is 0 Å². The highest BCUT2D eigenvalue weighted by Gasteiger charge is 2.16. The molecule has 9 heavy (non-hydrogen) atoms. The van der Waals surface area contributed by atoms with Crippen molar-refractivity contribution in [2.24, 2.45) is 0 Å². The van der Waals surface area contributed by atoms with Crippen LogP contribution in [0, 0.1) is 0 Å². The van der Waals surface area contributed by atoms with Crippen LogP contribution in [0.1, 0.15) is 0 Å². The first-order valence-electron chi connectivity index (χ1n) is 2.79. The second-order valence-electron chi connectivity index (χ2n) is 1.86. The van der Waals surface area contributed by atoms with Crippen molar-refractivity contribution in [3.8, 4) is 0 Å². The number of para-hydroxylation sites is 2. The zero-order chi connectivity index (χ0) is 6.10. The molecule has 0 spiro atoms. The number of benzene rings is 1. The molecule has 1 aromatic rings. The van der Waals surface area contributed by atoms with Crippen LogP contribution in [0.3, 0.4) is 0 Å². The van der Waals surface area contributed by atoms with E-state index in [1.807, 2.05) is 24.3 Å². The summed E-state index contributed by atoms with van der Waals surface area (Å²) in [4.78, 5) is 4.01. The Morgan fingerprint density at radius 3 is 3.00 bits per heavy atom. The van der Waals surface area contributed by atoms with E-state index in [4.69, 9.17) is 0 Å². The molecule has 0 aliphatic carbocycles. The van der Waals surface area contributed by atoms with Crippen molar-refractivity contribution in [1.82, 2.24) is 10.3 Å². The van der Waals surface area contributed by atoms with Gasteiger partial charge >= 0.3 is 6.34 Å². The average Bonchev–Trinajstić information content (AvgIpc) is 2.33. The van der Waals surface area contributed by atoms with E-state index >= 15 is 0 Å². The fraction of sp³-hybridized carbons (Fsp3) is 0. The lowest BCUT2D eigenvalue weighted by molar-refractivity contribution is 1.35. The van der Waals surface area contributed by atoms with Gasteiger partial charge in [0.15, 0.2) is 0 Å². The van der Waals surface area contributed by atoms with E-state index in [2.05, 4.69) is 10.3 Å². The standard InChI is InChI=1S/C7H5N2/c1-2-4-7-6(3-1)8-5-9-7/h1-5H/q+1. The molecule has 2 rings (SSSR count). The number of hydrogen-bond acceptors (Lipinski definition) is 1. The van der Waals surface area contributed by atoms with E-state index < -0.39 is 0 Å². The molecule has 0 N–H and O–H groups in total. The molecule has 0 bridgehead atoms. The van der Waals surface area contributed by atoms with Crippen LogP contribution < -0.4 is 10.3 Å². The second kappa shape index (κ2) is 1.58. The molecule has 0 saturated carbocycles. The fourth-order valence-corrected chi connectivity index (χ4v) is 0.836. The van der Waals surface area contributed by atoms with Gasteiger partial charge in [-0.05, 0) is 22.4 Å². The molecule has 0 unspecified atom stereocenters. The van der Waals surface area contributed by atoms with Crippen molar-refractivity contribution in [2.45, 2.75) is 0 Å². The third-order valence-electron chi connectivity index (χ3n) is 1.28. The summed E-state index contributed by atoms with van der Waals surface area (Å²) >= 11 is 0. The van der Waals surface area contributed by atoms with E-state index in [0.29, 0.717) is 0 Å². The van der Waals surface area contributed by atoms with Gasteiger partial charge in [-0.25, -0.2) is 0 Å². The summed E-state index contributed by atoms with van der Waals surface area (Å²) < 4.78 is 0. The molecule has 2 heteroatoms. The van der Waals surface area contributed by atoms with Crippen LogP contribution in [0.25, 0.3) is 0 Å². The van der Waals surface area contributed by atoms with Crippen molar-refractivity contribution in [1.29, 1.82) is 0 Å². The third kappa shape index (κ3) is 0.598. The Kier molecular flexibility index (Phi) is 0.803. The van der Waals surface area contributed by atoms with Gasteiger partial charge in [0.2, 0.25) is 11.4 Å². The van der Waals surface area contributed by atoms with Crippen LogP contribution in [0.15, 0.2) is 24.3 Å². The zero-order valence-electron chi connectivity index (χ0n) is 4.78. The third-order valence-corrected chi connectivity index (χ3v) is 1.28. The molecular formula is C7H5N2+. The smallest absolute Gasteiger partial charge is 0.0576 e. The van der Waals surface area contributed by atoms with Gasteiger partial charge in [-0.3, -0.25) is 0 Å². The lowest BCUT2D eigenvalue weighted by Gasteiger charge is -1.80. The Bertz CT molecular complexity index is 253. The van der Waals surface area contributed by atoms with Gasteiger partial charge < -0.3 is 0 Å². The molecule has 0 amide bonds. The summed E-state index contributed by atoms with van der Waals surface area (Å²) in [5.41, 5.74) is 1.94. The Morgan fingerprint density at radius 2 is 2.11 bits per heavy atom. The molecule has 1 aliphatic heterocycles. The molecule has 0 atom stereocenters. The van der Waals surface area contributed by atoms with E-state index in [-0.39, 0.29) is 0 Å². The van der Waals surface area contributed by atoms with Gasteiger partial charge in [-0.15, -0.1) is 0 Å². The van der Waals surface area contributed by atoms with Crippen LogP contribution in [0.4, 0.5) is 11.4 Å². The fourth-order valence-electron chi connectivity index (χ4n) is 0.836. The minimum absolute atomic E-state index is 0.970. The van der Waals surface area contributed by atoms with E-state index in [9.17, 15) is 0 Å². The molecule has 2 radical (unpaired) electrons. The number of fused-ring (bicyclic) bond motifs is 1. The van der Waals surface area contributed by atoms with Gasteiger partial charge in [0.25, 0.3) is 0 Å². The molecule has 0 fully saturated rings. The highest BCUT2D eigenvalue weighted by atomic mass is 15.0. The molecule has 1 aliphatic rings. The minimum atomic E-state index is 0.970. The summed E-state index contributed by atoms with van der Waals surface area (Å²) in [5.74, 6) is 0. The monoisotopic (exact) mass is 117 g/mol. The molecule has 42 valence electrons. The predicted octanol–water partition coefficient (Wildman–Crippen LogP) is 0.932. The number of rotatable bonds is 0. The quantitative estimate of drug-likeness (QED) is 0.483. The summed E-state index contributed by atoms with van der Waals surface area (Å²) in [6.07, 6.45) is 1.57. The summed E-state index contributed by atoms with van der Waals surface area (Å²) in [5, 5.41) is 4.01. The molecular weight excluding hydrogens is 112 g/mol. The SMILES string of the molecule is C1=[N+]c2ccccc2[N]1.